The third-order valence-corrected chi connectivity index (χ3v) is 2.19. The molecule has 2 aromatic rings. The molecular formula is C11H6ClNO. The zero-order valence-corrected chi connectivity index (χ0v) is 7.95. The van der Waals surface area contributed by atoms with Crippen molar-refractivity contribution in [2.75, 3.05) is 0 Å². The van der Waals surface area contributed by atoms with Gasteiger partial charge in [0.15, 0.2) is 0 Å². The zero-order chi connectivity index (χ0) is 9.97. The summed E-state index contributed by atoms with van der Waals surface area (Å²) in [4.78, 5) is 0. The lowest BCUT2D eigenvalue weighted by Crippen LogP contribution is -1.74. The van der Waals surface area contributed by atoms with E-state index in [2.05, 4.69) is 0 Å². The molecule has 0 N–H and O–H groups in total. The minimum absolute atomic E-state index is 0.292. The molecule has 14 heavy (non-hydrogen) atoms. The van der Waals surface area contributed by atoms with Crippen LogP contribution < -0.4 is 0 Å². The summed E-state index contributed by atoms with van der Waals surface area (Å²) >= 11 is 5.97. The van der Waals surface area contributed by atoms with Crippen molar-refractivity contribution in [1.29, 1.82) is 5.26 Å². The van der Waals surface area contributed by atoms with Crippen molar-refractivity contribution in [3.8, 4) is 17.4 Å². The van der Waals surface area contributed by atoms with Crippen molar-refractivity contribution in [3.05, 3.63) is 47.2 Å². The molecule has 0 aliphatic rings. The molecule has 0 fully saturated rings. The molecule has 0 aliphatic heterocycles. The summed E-state index contributed by atoms with van der Waals surface area (Å²) in [5.74, 6) is 0.909. The fourth-order valence-electron chi connectivity index (χ4n) is 1.20. The van der Waals surface area contributed by atoms with Gasteiger partial charge < -0.3 is 4.42 Å². The molecule has 0 spiro atoms. The Morgan fingerprint density at radius 1 is 1.14 bits per heavy atom. The van der Waals surface area contributed by atoms with E-state index in [1.807, 2.05) is 24.3 Å². The first-order valence-electron chi connectivity index (χ1n) is 4.06. The molecule has 68 valence electrons. The lowest BCUT2D eigenvalue weighted by Gasteiger charge is -1.98. The molecular weight excluding hydrogens is 198 g/mol. The second-order valence-electron chi connectivity index (χ2n) is 2.76. The molecule has 2 rings (SSSR count). The van der Waals surface area contributed by atoms with E-state index in [0.29, 0.717) is 16.5 Å². The molecule has 0 radical (unpaired) electrons. The van der Waals surface area contributed by atoms with Crippen LogP contribution in [0, 0.1) is 11.3 Å². The summed E-state index contributed by atoms with van der Waals surface area (Å²) in [6.07, 6.45) is 0. The summed E-state index contributed by atoms with van der Waals surface area (Å²) in [5, 5.41) is 9.21. The van der Waals surface area contributed by atoms with E-state index in [0.717, 1.165) is 5.56 Å². The summed E-state index contributed by atoms with van der Waals surface area (Å²) in [6, 6.07) is 12.6. The van der Waals surface area contributed by atoms with Crippen LogP contribution >= 0.6 is 11.6 Å². The number of nitrogens with zero attached hydrogens (tertiary/aromatic N) is 1. The average molecular weight is 204 g/mol. The molecule has 0 bridgehead atoms. The highest BCUT2D eigenvalue weighted by Gasteiger charge is 2.06. The Hall–Kier alpha value is -1.72. The van der Waals surface area contributed by atoms with Gasteiger partial charge in [0.2, 0.25) is 5.76 Å². The minimum atomic E-state index is 0.292. The molecule has 1 heterocycles. The van der Waals surface area contributed by atoms with Gasteiger partial charge >= 0.3 is 0 Å². The second-order valence-corrected chi connectivity index (χ2v) is 3.16. The van der Waals surface area contributed by atoms with Crippen LogP contribution in [0.5, 0.6) is 0 Å². The summed E-state index contributed by atoms with van der Waals surface area (Å²) in [7, 11) is 0. The van der Waals surface area contributed by atoms with E-state index in [1.165, 1.54) is 0 Å². The Bertz CT molecular complexity index is 496. The van der Waals surface area contributed by atoms with Crippen LogP contribution in [0.3, 0.4) is 0 Å². The fraction of sp³-hybridized carbons (Fsp3) is 0. The molecule has 0 saturated carbocycles. The van der Waals surface area contributed by atoms with Gasteiger partial charge in [0.25, 0.3) is 0 Å². The molecule has 0 saturated heterocycles. The van der Waals surface area contributed by atoms with Gasteiger partial charge in [0, 0.05) is 5.56 Å². The third kappa shape index (κ3) is 1.50. The van der Waals surface area contributed by atoms with Crippen molar-refractivity contribution in [3.63, 3.8) is 0 Å². The number of nitriles is 1. The van der Waals surface area contributed by atoms with E-state index in [9.17, 15) is 0 Å². The van der Waals surface area contributed by atoms with Crippen LogP contribution in [-0.4, -0.2) is 0 Å². The standard InChI is InChI=1S/C11H6ClNO/c12-10-4-2-1-3-9(10)11-6-5-8(7-13)14-11/h1-6H. The molecule has 0 aliphatic carbocycles. The normalized spacial score (nSPS) is 9.71. The SMILES string of the molecule is N#Cc1ccc(-c2ccccc2Cl)o1. The Balaban J connectivity index is 2.51. The molecule has 0 atom stereocenters. The zero-order valence-electron chi connectivity index (χ0n) is 7.20. The van der Waals surface area contributed by atoms with E-state index in [1.54, 1.807) is 18.2 Å². The Kier molecular flexibility index (Phi) is 2.26. The van der Waals surface area contributed by atoms with Crippen LogP contribution in [0.25, 0.3) is 11.3 Å². The first-order valence-corrected chi connectivity index (χ1v) is 4.44. The minimum Gasteiger partial charge on any atom is -0.446 e. The maximum absolute atomic E-state index is 8.59. The van der Waals surface area contributed by atoms with Crippen LogP contribution in [-0.2, 0) is 0 Å². The lowest BCUT2D eigenvalue weighted by molar-refractivity contribution is 0.567. The van der Waals surface area contributed by atoms with Crippen molar-refractivity contribution in [1.82, 2.24) is 0 Å². The second kappa shape index (κ2) is 3.57. The number of furan rings is 1. The van der Waals surface area contributed by atoms with Crippen LogP contribution in [0.1, 0.15) is 5.76 Å². The van der Waals surface area contributed by atoms with Gasteiger partial charge in [-0.3, -0.25) is 0 Å². The Morgan fingerprint density at radius 3 is 2.57 bits per heavy atom. The fourth-order valence-corrected chi connectivity index (χ4v) is 1.43. The monoisotopic (exact) mass is 203 g/mol. The summed E-state index contributed by atoms with van der Waals surface area (Å²) in [5.41, 5.74) is 0.802. The number of hydrogen-bond donors (Lipinski definition) is 0. The van der Waals surface area contributed by atoms with E-state index >= 15 is 0 Å². The smallest absolute Gasteiger partial charge is 0.204 e. The predicted molar refractivity (Wildman–Crippen MR) is 53.9 cm³/mol. The number of rotatable bonds is 1. The largest absolute Gasteiger partial charge is 0.446 e. The third-order valence-electron chi connectivity index (χ3n) is 1.86. The van der Waals surface area contributed by atoms with Crippen LogP contribution in [0.2, 0.25) is 5.02 Å². The Labute approximate surface area is 86.3 Å². The Morgan fingerprint density at radius 2 is 1.93 bits per heavy atom. The molecule has 3 heteroatoms. The van der Waals surface area contributed by atoms with Gasteiger partial charge in [-0.2, -0.15) is 5.26 Å². The van der Waals surface area contributed by atoms with Crippen molar-refractivity contribution >= 4 is 11.6 Å². The highest BCUT2D eigenvalue weighted by molar-refractivity contribution is 6.33. The first-order chi connectivity index (χ1) is 6.81. The predicted octanol–water partition coefficient (Wildman–Crippen LogP) is 3.47. The molecule has 0 amide bonds. The van der Waals surface area contributed by atoms with Gasteiger partial charge in [-0.25, -0.2) is 0 Å². The number of benzene rings is 1. The van der Waals surface area contributed by atoms with Crippen molar-refractivity contribution < 1.29 is 4.42 Å². The van der Waals surface area contributed by atoms with Crippen LogP contribution in [0.4, 0.5) is 0 Å². The van der Waals surface area contributed by atoms with Gasteiger partial charge in [0.05, 0.1) is 5.02 Å². The van der Waals surface area contributed by atoms with E-state index < -0.39 is 0 Å². The van der Waals surface area contributed by atoms with Gasteiger partial charge in [0.1, 0.15) is 11.8 Å². The lowest BCUT2D eigenvalue weighted by atomic mass is 10.2. The van der Waals surface area contributed by atoms with Crippen LogP contribution in [0.15, 0.2) is 40.8 Å². The van der Waals surface area contributed by atoms with Crippen molar-refractivity contribution in [2.45, 2.75) is 0 Å². The highest BCUT2D eigenvalue weighted by Crippen LogP contribution is 2.28. The molecule has 2 nitrogen and oxygen atoms in total. The number of halogens is 1. The van der Waals surface area contributed by atoms with Crippen molar-refractivity contribution in [2.24, 2.45) is 0 Å². The molecule has 0 unspecified atom stereocenters. The topological polar surface area (TPSA) is 36.9 Å². The molecule has 1 aromatic carbocycles. The van der Waals surface area contributed by atoms with E-state index in [4.69, 9.17) is 21.3 Å². The summed E-state index contributed by atoms with van der Waals surface area (Å²) < 4.78 is 5.25. The van der Waals surface area contributed by atoms with Gasteiger partial charge in [-0.15, -0.1) is 0 Å². The first kappa shape index (κ1) is 8.86. The highest BCUT2D eigenvalue weighted by atomic mass is 35.5. The van der Waals surface area contributed by atoms with Gasteiger partial charge in [-0.05, 0) is 24.3 Å². The maximum Gasteiger partial charge on any atom is 0.204 e. The molecule has 1 aromatic heterocycles. The number of hydrogen-bond acceptors (Lipinski definition) is 2. The van der Waals surface area contributed by atoms with E-state index in [-0.39, 0.29) is 0 Å². The van der Waals surface area contributed by atoms with Gasteiger partial charge in [-0.1, -0.05) is 23.7 Å². The maximum atomic E-state index is 8.59. The summed E-state index contributed by atoms with van der Waals surface area (Å²) in [6.45, 7) is 0. The average Bonchev–Trinajstić information content (AvgIpc) is 2.67. The quantitative estimate of drug-likeness (QED) is 0.712.